The second-order valence-electron chi connectivity index (χ2n) is 1.76. The second kappa shape index (κ2) is 3.28. The summed E-state index contributed by atoms with van der Waals surface area (Å²) in [5.74, 6) is 4.84. The van der Waals surface area contributed by atoms with Gasteiger partial charge in [-0.15, -0.1) is 0 Å². The lowest BCUT2D eigenvalue weighted by Gasteiger charge is -1.99. The Morgan fingerprint density at radius 2 is 2.33 bits per heavy atom. The largest absolute Gasteiger partial charge is 0.349 e. The molecule has 64 valence electrons. The van der Waals surface area contributed by atoms with Gasteiger partial charge in [0.1, 0.15) is 6.33 Å². The number of nitrogens with zero attached hydrogens (tertiary/aromatic N) is 3. The molecule has 1 rings (SSSR count). The first-order valence-electron chi connectivity index (χ1n) is 2.78. The molecule has 0 fully saturated rings. The highest BCUT2D eigenvalue weighted by Crippen LogP contribution is 2.26. The Balaban J connectivity index is 3.29. The van der Waals surface area contributed by atoms with Gasteiger partial charge in [0.15, 0.2) is 0 Å². The zero-order valence-corrected chi connectivity index (χ0v) is 6.45. The average Bonchev–Trinajstić information content (AvgIpc) is 2.03. The van der Waals surface area contributed by atoms with Crippen LogP contribution in [0.1, 0.15) is 0 Å². The summed E-state index contributed by atoms with van der Waals surface area (Å²) in [6.45, 7) is 0. The van der Waals surface area contributed by atoms with E-state index in [1.54, 1.807) is 0 Å². The van der Waals surface area contributed by atoms with Crippen LogP contribution in [0.5, 0.6) is 0 Å². The van der Waals surface area contributed by atoms with Crippen molar-refractivity contribution in [1.82, 2.24) is 9.97 Å². The summed E-state index contributed by atoms with van der Waals surface area (Å²) in [4.78, 5) is 16.6. The van der Waals surface area contributed by atoms with E-state index in [4.69, 9.17) is 17.4 Å². The lowest BCUT2D eigenvalue weighted by Crippen LogP contribution is -2.11. The van der Waals surface area contributed by atoms with E-state index in [0.717, 1.165) is 6.33 Å². The first kappa shape index (κ1) is 8.62. The Hall–Kier alpha value is -1.47. The molecule has 1 aromatic heterocycles. The van der Waals surface area contributed by atoms with E-state index >= 15 is 0 Å². The highest BCUT2D eigenvalue weighted by atomic mass is 35.5. The van der Waals surface area contributed by atoms with Crippen LogP contribution in [-0.4, -0.2) is 14.9 Å². The molecule has 7 nitrogen and oxygen atoms in total. The van der Waals surface area contributed by atoms with Gasteiger partial charge in [-0.3, -0.25) is 10.1 Å². The molecule has 0 amide bonds. The Morgan fingerprint density at radius 3 is 2.75 bits per heavy atom. The lowest BCUT2D eigenvalue weighted by molar-refractivity contribution is -0.384. The van der Waals surface area contributed by atoms with Gasteiger partial charge in [0.05, 0.1) is 4.92 Å². The van der Waals surface area contributed by atoms with E-state index in [0.29, 0.717) is 0 Å². The van der Waals surface area contributed by atoms with Crippen LogP contribution in [0.3, 0.4) is 0 Å². The summed E-state index contributed by atoms with van der Waals surface area (Å²) in [5.41, 5.74) is 1.61. The molecular formula is C4H4ClN5O2. The zero-order chi connectivity index (χ0) is 9.14. The molecule has 0 saturated carbocycles. The molecule has 0 spiro atoms. The highest BCUT2D eigenvalue weighted by Gasteiger charge is 2.20. The quantitative estimate of drug-likeness (QED) is 0.300. The van der Waals surface area contributed by atoms with Crippen molar-refractivity contribution in [2.24, 2.45) is 5.84 Å². The van der Waals surface area contributed by atoms with Crippen LogP contribution in [0.4, 0.5) is 11.5 Å². The van der Waals surface area contributed by atoms with E-state index in [9.17, 15) is 10.1 Å². The summed E-state index contributed by atoms with van der Waals surface area (Å²) in [7, 11) is 0. The number of nitrogen functional groups attached to an aromatic ring is 1. The van der Waals surface area contributed by atoms with E-state index in [-0.39, 0.29) is 11.0 Å². The molecule has 1 heterocycles. The van der Waals surface area contributed by atoms with Crippen LogP contribution in [0.2, 0.25) is 5.15 Å². The second-order valence-corrected chi connectivity index (χ2v) is 2.12. The number of nitro groups is 1. The van der Waals surface area contributed by atoms with E-state index in [1.807, 2.05) is 5.43 Å². The summed E-state index contributed by atoms with van der Waals surface area (Å²) in [5, 5.41) is 10.1. The fourth-order valence-electron chi connectivity index (χ4n) is 0.625. The number of anilines is 1. The summed E-state index contributed by atoms with van der Waals surface area (Å²) in [6.07, 6.45) is 1.07. The lowest BCUT2D eigenvalue weighted by atomic mass is 10.5. The van der Waals surface area contributed by atoms with Crippen molar-refractivity contribution in [3.8, 4) is 0 Å². The third-order valence-corrected chi connectivity index (χ3v) is 1.37. The van der Waals surface area contributed by atoms with Crippen LogP contribution < -0.4 is 11.3 Å². The Morgan fingerprint density at radius 1 is 1.67 bits per heavy atom. The van der Waals surface area contributed by atoms with Crippen LogP contribution in [0, 0.1) is 10.1 Å². The van der Waals surface area contributed by atoms with Crippen molar-refractivity contribution in [1.29, 1.82) is 0 Å². The summed E-state index contributed by atoms with van der Waals surface area (Å²) in [6, 6.07) is 0. The van der Waals surface area contributed by atoms with Crippen molar-refractivity contribution < 1.29 is 4.92 Å². The molecule has 0 atom stereocenters. The molecular weight excluding hydrogens is 186 g/mol. The Labute approximate surface area is 71.7 Å². The monoisotopic (exact) mass is 189 g/mol. The van der Waals surface area contributed by atoms with Gasteiger partial charge >= 0.3 is 5.69 Å². The van der Waals surface area contributed by atoms with Gasteiger partial charge in [0.25, 0.3) is 0 Å². The standard InChI is InChI=1S/C4H4ClN5O2/c5-3-2(10(11)12)4(9-6)8-1-7-3/h1H,6H2,(H,7,8,9). The maximum absolute atomic E-state index is 10.3. The van der Waals surface area contributed by atoms with Crippen molar-refractivity contribution in [3.05, 3.63) is 21.6 Å². The van der Waals surface area contributed by atoms with Crippen LogP contribution >= 0.6 is 11.6 Å². The minimum Gasteiger partial charge on any atom is -0.303 e. The summed E-state index contributed by atoms with van der Waals surface area (Å²) < 4.78 is 0. The van der Waals surface area contributed by atoms with Crippen molar-refractivity contribution in [2.45, 2.75) is 0 Å². The van der Waals surface area contributed by atoms with Crippen molar-refractivity contribution in [2.75, 3.05) is 5.43 Å². The van der Waals surface area contributed by atoms with Gasteiger partial charge in [-0.25, -0.2) is 15.8 Å². The number of nitrogens with two attached hydrogens (primary N) is 1. The fraction of sp³-hybridized carbons (Fsp3) is 0. The van der Waals surface area contributed by atoms with Gasteiger partial charge < -0.3 is 5.43 Å². The maximum Gasteiger partial charge on any atom is 0.349 e. The molecule has 0 saturated heterocycles. The summed E-state index contributed by atoms with van der Waals surface area (Å²) >= 11 is 5.41. The third kappa shape index (κ3) is 1.41. The van der Waals surface area contributed by atoms with E-state index in [2.05, 4.69) is 9.97 Å². The third-order valence-electron chi connectivity index (χ3n) is 1.10. The molecule has 0 bridgehead atoms. The van der Waals surface area contributed by atoms with E-state index < -0.39 is 10.6 Å². The SMILES string of the molecule is NNc1ncnc(Cl)c1[N+](=O)[O-]. The van der Waals surface area contributed by atoms with E-state index in [1.165, 1.54) is 0 Å². The van der Waals surface area contributed by atoms with Crippen molar-refractivity contribution >= 4 is 23.1 Å². The van der Waals surface area contributed by atoms with Crippen LogP contribution in [0.15, 0.2) is 6.33 Å². The molecule has 0 unspecified atom stereocenters. The molecule has 1 aromatic rings. The molecule has 0 aliphatic rings. The number of halogens is 1. The van der Waals surface area contributed by atoms with Gasteiger partial charge in [0.2, 0.25) is 11.0 Å². The molecule has 0 radical (unpaired) electrons. The van der Waals surface area contributed by atoms with Crippen LogP contribution in [-0.2, 0) is 0 Å². The van der Waals surface area contributed by atoms with Crippen molar-refractivity contribution in [3.63, 3.8) is 0 Å². The number of hydrazine groups is 1. The molecule has 3 N–H and O–H groups in total. The zero-order valence-electron chi connectivity index (χ0n) is 5.69. The number of aromatic nitrogens is 2. The number of hydrogen-bond acceptors (Lipinski definition) is 6. The van der Waals surface area contributed by atoms with Gasteiger partial charge in [0, 0.05) is 0 Å². The normalized spacial score (nSPS) is 9.50. The minimum atomic E-state index is -0.711. The van der Waals surface area contributed by atoms with Gasteiger partial charge in [-0.1, -0.05) is 11.6 Å². The maximum atomic E-state index is 10.3. The molecule has 12 heavy (non-hydrogen) atoms. The topological polar surface area (TPSA) is 107 Å². The Kier molecular flexibility index (Phi) is 2.36. The highest BCUT2D eigenvalue weighted by molar-refractivity contribution is 6.31. The minimum absolute atomic E-state index is 0.111. The average molecular weight is 190 g/mol. The number of hydrogen-bond donors (Lipinski definition) is 2. The fourth-order valence-corrected chi connectivity index (χ4v) is 0.827. The Bertz CT molecular complexity index is 316. The first-order valence-corrected chi connectivity index (χ1v) is 3.16. The molecule has 0 aliphatic heterocycles. The number of rotatable bonds is 2. The molecule has 0 aliphatic carbocycles. The van der Waals surface area contributed by atoms with Crippen LogP contribution in [0.25, 0.3) is 0 Å². The first-order chi connectivity index (χ1) is 5.66. The van der Waals surface area contributed by atoms with Gasteiger partial charge in [-0.2, -0.15) is 0 Å². The molecule has 0 aromatic carbocycles. The van der Waals surface area contributed by atoms with Gasteiger partial charge in [-0.05, 0) is 0 Å². The number of nitrogens with one attached hydrogen (secondary N) is 1. The smallest absolute Gasteiger partial charge is 0.303 e. The predicted octanol–water partition coefficient (Wildman–Crippen LogP) is 0.324. The predicted molar refractivity (Wildman–Crippen MR) is 41.5 cm³/mol. The molecule has 8 heteroatoms.